The summed E-state index contributed by atoms with van der Waals surface area (Å²) in [6.07, 6.45) is 2.47. The average molecular weight is 279 g/mol. The van der Waals surface area contributed by atoms with Crippen molar-refractivity contribution in [1.29, 1.82) is 0 Å². The zero-order chi connectivity index (χ0) is 14.8. The summed E-state index contributed by atoms with van der Waals surface area (Å²) in [6.45, 7) is 1.97. The van der Waals surface area contributed by atoms with Crippen LogP contribution in [0.5, 0.6) is 5.75 Å². The van der Waals surface area contributed by atoms with E-state index in [2.05, 4.69) is 9.98 Å². The third kappa shape index (κ3) is 2.65. The second-order valence-electron chi connectivity index (χ2n) is 5.02. The van der Waals surface area contributed by atoms with Gasteiger partial charge in [-0.25, -0.2) is 4.99 Å². The number of aryl methyl sites for hydroxylation is 1. The molecule has 1 aliphatic heterocycles. The molecule has 0 saturated carbocycles. The summed E-state index contributed by atoms with van der Waals surface area (Å²) in [5.41, 5.74) is 11.2. The smallest absolute Gasteiger partial charge is 0.118 e. The first-order valence-corrected chi connectivity index (χ1v) is 6.81. The van der Waals surface area contributed by atoms with Crippen molar-refractivity contribution in [2.75, 3.05) is 7.11 Å². The molecule has 0 bridgehead atoms. The van der Waals surface area contributed by atoms with E-state index in [1.165, 1.54) is 0 Å². The molecule has 2 heterocycles. The van der Waals surface area contributed by atoms with E-state index in [9.17, 15) is 0 Å². The Balaban J connectivity index is 2.07. The fourth-order valence-electron chi connectivity index (χ4n) is 2.48. The molecule has 4 heteroatoms. The predicted octanol–water partition coefficient (Wildman–Crippen LogP) is 3.03. The van der Waals surface area contributed by atoms with E-state index in [1.54, 1.807) is 13.3 Å². The maximum Gasteiger partial charge on any atom is 0.118 e. The SMILES string of the molecule is COc1ccc(C2=C(c3ccnc(C)c3)N=C(N)C2)cc1. The summed E-state index contributed by atoms with van der Waals surface area (Å²) < 4.78 is 5.20. The van der Waals surface area contributed by atoms with Gasteiger partial charge in [-0.15, -0.1) is 0 Å². The molecule has 21 heavy (non-hydrogen) atoms. The molecule has 0 unspecified atom stereocenters. The monoisotopic (exact) mass is 279 g/mol. The molecular weight excluding hydrogens is 262 g/mol. The molecule has 0 fully saturated rings. The van der Waals surface area contributed by atoms with Gasteiger partial charge in [0, 0.05) is 23.9 Å². The Hall–Kier alpha value is -2.62. The van der Waals surface area contributed by atoms with Crippen molar-refractivity contribution in [3.05, 3.63) is 59.4 Å². The van der Waals surface area contributed by atoms with Gasteiger partial charge in [-0.1, -0.05) is 12.1 Å². The van der Waals surface area contributed by atoms with Crippen LogP contribution >= 0.6 is 0 Å². The Morgan fingerprint density at radius 2 is 1.86 bits per heavy atom. The molecule has 0 aliphatic carbocycles. The Bertz CT molecular complexity index is 730. The van der Waals surface area contributed by atoms with Gasteiger partial charge in [-0.05, 0) is 42.3 Å². The standard InChI is InChI=1S/C17H17N3O/c1-11-9-13(7-8-19-11)17-15(10-16(18)20-17)12-3-5-14(21-2)6-4-12/h3-9H,10H2,1-2H3,(H2,18,20). The molecule has 3 rings (SSSR count). The van der Waals surface area contributed by atoms with Gasteiger partial charge in [0.1, 0.15) is 11.6 Å². The number of ether oxygens (including phenoxy) is 1. The van der Waals surface area contributed by atoms with E-state index >= 15 is 0 Å². The van der Waals surface area contributed by atoms with Crippen LogP contribution in [0.25, 0.3) is 11.3 Å². The topological polar surface area (TPSA) is 60.5 Å². The number of pyridine rings is 1. The summed E-state index contributed by atoms with van der Waals surface area (Å²) in [6, 6.07) is 12.0. The van der Waals surface area contributed by atoms with Crippen molar-refractivity contribution in [2.45, 2.75) is 13.3 Å². The number of hydrogen-bond acceptors (Lipinski definition) is 4. The van der Waals surface area contributed by atoms with Gasteiger partial charge in [-0.2, -0.15) is 0 Å². The molecule has 106 valence electrons. The highest BCUT2D eigenvalue weighted by Crippen LogP contribution is 2.35. The van der Waals surface area contributed by atoms with Gasteiger partial charge in [0.2, 0.25) is 0 Å². The molecule has 0 spiro atoms. The van der Waals surface area contributed by atoms with Crippen LogP contribution in [0.4, 0.5) is 0 Å². The number of nitrogens with two attached hydrogens (primary N) is 1. The average Bonchev–Trinajstić information content (AvgIpc) is 2.89. The van der Waals surface area contributed by atoms with E-state index in [4.69, 9.17) is 10.5 Å². The van der Waals surface area contributed by atoms with Crippen LogP contribution in [0.3, 0.4) is 0 Å². The van der Waals surface area contributed by atoms with Gasteiger partial charge in [0.05, 0.1) is 12.8 Å². The third-order valence-corrected chi connectivity index (χ3v) is 3.51. The van der Waals surface area contributed by atoms with Crippen LogP contribution in [0.2, 0.25) is 0 Å². The van der Waals surface area contributed by atoms with Crippen LogP contribution in [-0.2, 0) is 0 Å². The molecule has 1 aromatic heterocycles. The van der Waals surface area contributed by atoms with Crippen molar-refractivity contribution in [2.24, 2.45) is 10.7 Å². The first-order valence-electron chi connectivity index (χ1n) is 6.81. The van der Waals surface area contributed by atoms with Crippen molar-refractivity contribution < 1.29 is 4.74 Å². The maximum atomic E-state index is 5.95. The lowest BCUT2D eigenvalue weighted by atomic mass is 9.99. The normalized spacial score (nSPS) is 14.3. The van der Waals surface area contributed by atoms with Crippen LogP contribution < -0.4 is 10.5 Å². The van der Waals surface area contributed by atoms with Crippen molar-refractivity contribution in [3.8, 4) is 5.75 Å². The van der Waals surface area contributed by atoms with Gasteiger partial charge in [0.25, 0.3) is 0 Å². The van der Waals surface area contributed by atoms with E-state index in [0.717, 1.165) is 33.8 Å². The number of methoxy groups -OCH3 is 1. The Kier molecular flexibility index (Phi) is 3.44. The zero-order valence-electron chi connectivity index (χ0n) is 12.1. The molecule has 0 saturated heterocycles. The number of benzene rings is 1. The molecular formula is C17H17N3O. The summed E-state index contributed by atoms with van der Waals surface area (Å²) in [5, 5.41) is 0. The highest BCUT2D eigenvalue weighted by molar-refractivity contribution is 6.08. The zero-order valence-corrected chi connectivity index (χ0v) is 12.1. The van der Waals surface area contributed by atoms with E-state index < -0.39 is 0 Å². The molecule has 1 aromatic carbocycles. The van der Waals surface area contributed by atoms with Crippen LogP contribution in [-0.4, -0.2) is 17.9 Å². The maximum absolute atomic E-state index is 5.95. The number of aromatic nitrogens is 1. The molecule has 2 N–H and O–H groups in total. The molecule has 2 aromatic rings. The minimum Gasteiger partial charge on any atom is -0.497 e. The predicted molar refractivity (Wildman–Crippen MR) is 85.0 cm³/mol. The van der Waals surface area contributed by atoms with E-state index in [-0.39, 0.29) is 0 Å². The minimum absolute atomic E-state index is 0.644. The fraction of sp³-hybridized carbons (Fsp3) is 0.176. The largest absolute Gasteiger partial charge is 0.497 e. The van der Waals surface area contributed by atoms with Gasteiger partial charge in [0.15, 0.2) is 0 Å². The number of nitrogens with zero attached hydrogens (tertiary/aromatic N) is 2. The summed E-state index contributed by atoms with van der Waals surface area (Å²) in [7, 11) is 1.66. The minimum atomic E-state index is 0.644. The van der Waals surface area contributed by atoms with Crippen LogP contribution in [0, 0.1) is 6.92 Å². The number of amidine groups is 1. The number of hydrogen-bond donors (Lipinski definition) is 1. The summed E-state index contributed by atoms with van der Waals surface area (Å²) in [4.78, 5) is 8.75. The number of rotatable bonds is 3. The molecule has 0 atom stereocenters. The van der Waals surface area contributed by atoms with Gasteiger partial charge in [-0.3, -0.25) is 4.98 Å². The quantitative estimate of drug-likeness (QED) is 0.939. The Morgan fingerprint density at radius 1 is 1.10 bits per heavy atom. The second kappa shape index (κ2) is 5.40. The van der Waals surface area contributed by atoms with Gasteiger partial charge >= 0.3 is 0 Å². The van der Waals surface area contributed by atoms with E-state index in [0.29, 0.717) is 12.3 Å². The lowest BCUT2D eigenvalue weighted by Gasteiger charge is -2.08. The first kappa shape index (κ1) is 13.4. The third-order valence-electron chi connectivity index (χ3n) is 3.51. The Morgan fingerprint density at radius 3 is 2.52 bits per heavy atom. The van der Waals surface area contributed by atoms with Crippen molar-refractivity contribution >= 4 is 17.1 Å². The highest BCUT2D eigenvalue weighted by atomic mass is 16.5. The van der Waals surface area contributed by atoms with Gasteiger partial charge < -0.3 is 10.5 Å². The highest BCUT2D eigenvalue weighted by Gasteiger charge is 2.19. The molecule has 0 radical (unpaired) electrons. The molecule has 0 amide bonds. The van der Waals surface area contributed by atoms with Crippen LogP contribution in [0.15, 0.2) is 47.6 Å². The van der Waals surface area contributed by atoms with Crippen molar-refractivity contribution in [1.82, 2.24) is 4.98 Å². The first-order chi connectivity index (χ1) is 10.2. The Labute approximate surface area is 124 Å². The summed E-state index contributed by atoms with van der Waals surface area (Å²) >= 11 is 0. The van der Waals surface area contributed by atoms with Crippen LogP contribution in [0.1, 0.15) is 23.2 Å². The second-order valence-corrected chi connectivity index (χ2v) is 5.02. The number of aliphatic imine (C=N–C) groups is 1. The van der Waals surface area contributed by atoms with Crippen molar-refractivity contribution in [3.63, 3.8) is 0 Å². The molecule has 4 nitrogen and oxygen atoms in total. The summed E-state index contributed by atoms with van der Waals surface area (Å²) in [5.74, 6) is 1.48. The molecule has 1 aliphatic rings. The lowest BCUT2D eigenvalue weighted by Crippen LogP contribution is -2.07. The fourth-order valence-corrected chi connectivity index (χ4v) is 2.48. The van der Waals surface area contributed by atoms with E-state index in [1.807, 2.05) is 43.3 Å². The lowest BCUT2D eigenvalue weighted by molar-refractivity contribution is 0.415.